The first kappa shape index (κ1) is 17.4. The number of hydrogen-bond acceptors (Lipinski definition) is 4. The van der Waals surface area contributed by atoms with Gasteiger partial charge in [0.15, 0.2) is 0 Å². The highest BCUT2D eigenvalue weighted by atomic mass is 32.2. The second-order valence-electron chi connectivity index (χ2n) is 5.97. The molecule has 1 unspecified atom stereocenters. The monoisotopic (exact) mass is 356 g/mol. The zero-order valence-corrected chi connectivity index (χ0v) is 15.2. The maximum absolute atomic E-state index is 12.7. The van der Waals surface area contributed by atoms with Gasteiger partial charge in [-0.1, -0.05) is 12.1 Å². The van der Waals surface area contributed by atoms with Crippen molar-refractivity contribution in [1.82, 2.24) is 4.90 Å². The van der Waals surface area contributed by atoms with Crippen molar-refractivity contribution in [2.45, 2.75) is 23.6 Å². The molecule has 3 rings (SSSR count). The van der Waals surface area contributed by atoms with Gasteiger partial charge in [-0.2, -0.15) is 0 Å². The van der Waals surface area contributed by atoms with Crippen LogP contribution in [0.5, 0.6) is 5.75 Å². The summed E-state index contributed by atoms with van der Waals surface area (Å²) < 4.78 is 5.22. The predicted molar refractivity (Wildman–Crippen MR) is 99.2 cm³/mol. The lowest BCUT2D eigenvalue weighted by atomic mass is 10.1. The van der Waals surface area contributed by atoms with Gasteiger partial charge in [-0.15, -0.1) is 11.8 Å². The molecule has 0 radical (unpaired) electrons. The van der Waals surface area contributed by atoms with Gasteiger partial charge in [0.1, 0.15) is 5.75 Å². The van der Waals surface area contributed by atoms with Gasteiger partial charge in [-0.3, -0.25) is 9.59 Å². The number of fused-ring (bicyclic) bond motifs is 1. The van der Waals surface area contributed by atoms with Gasteiger partial charge in [-0.25, -0.2) is 0 Å². The first-order valence-electron chi connectivity index (χ1n) is 7.98. The Morgan fingerprint density at radius 2 is 2.08 bits per heavy atom. The van der Waals surface area contributed by atoms with Crippen LogP contribution in [0, 0.1) is 0 Å². The van der Waals surface area contributed by atoms with Gasteiger partial charge >= 0.3 is 0 Å². The minimum atomic E-state index is -0.121. The molecule has 25 heavy (non-hydrogen) atoms. The molecule has 2 aromatic rings. The standard InChI is InChI=1S/C19H20N2O3S/c1-12-18(22)20-16-10-14(7-8-17(16)25-12)19(23)21(2)11-13-5-4-6-15(9-13)24-3/h4-10,12H,11H2,1-3H3,(H,20,22). The minimum Gasteiger partial charge on any atom is -0.497 e. The molecule has 0 saturated heterocycles. The predicted octanol–water partition coefficient (Wildman–Crippen LogP) is 3.40. The van der Waals surface area contributed by atoms with Crippen LogP contribution < -0.4 is 10.1 Å². The molecule has 0 aromatic heterocycles. The Labute approximate surface area is 151 Å². The highest BCUT2D eigenvalue weighted by molar-refractivity contribution is 8.00. The van der Waals surface area contributed by atoms with Gasteiger partial charge in [0.25, 0.3) is 5.91 Å². The molecule has 0 fully saturated rings. The molecule has 5 nitrogen and oxygen atoms in total. The van der Waals surface area contributed by atoms with Crippen molar-refractivity contribution < 1.29 is 14.3 Å². The number of hydrogen-bond donors (Lipinski definition) is 1. The fourth-order valence-electron chi connectivity index (χ4n) is 2.68. The Bertz CT molecular complexity index is 822. The van der Waals surface area contributed by atoms with E-state index in [-0.39, 0.29) is 17.1 Å². The minimum absolute atomic E-state index is 0.0353. The van der Waals surface area contributed by atoms with E-state index in [0.717, 1.165) is 16.2 Å². The smallest absolute Gasteiger partial charge is 0.253 e. The zero-order chi connectivity index (χ0) is 18.0. The third kappa shape index (κ3) is 3.79. The summed E-state index contributed by atoms with van der Waals surface area (Å²) >= 11 is 1.50. The van der Waals surface area contributed by atoms with Gasteiger partial charge < -0.3 is 15.0 Å². The number of benzene rings is 2. The van der Waals surface area contributed by atoms with E-state index in [9.17, 15) is 9.59 Å². The van der Waals surface area contributed by atoms with E-state index in [1.165, 1.54) is 11.8 Å². The fraction of sp³-hybridized carbons (Fsp3) is 0.263. The van der Waals surface area contributed by atoms with Crippen LogP contribution in [0.25, 0.3) is 0 Å². The van der Waals surface area contributed by atoms with Crippen molar-refractivity contribution in [3.8, 4) is 5.75 Å². The van der Waals surface area contributed by atoms with Crippen molar-refractivity contribution in [1.29, 1.82) is 0 Å². The summed E-state index contributed by atoms with van der Waals surface area (Å²) in [4.78, 5) is 27.2. The molecule has 1 N–H and O–H groups in total. The number of methoxy groups -OCH3 is 1. The molecule has 1 aliphatic rings. The van der Waals surface area contributed by atoms with E-state index in [0.29, 0.717) is 17.8 Å². The average molecular weight is 356 g/mol. The van der Waals surface area contributed by atoms with E-state index in [1.807, 2.05) is 37.3 Å². The third-order valence-electron chi connectivity index (χ3n) is 4.06. The molecular formula is C19H20N2O3S. The van der Waals surface area contributed by atoms with E-state index >= 15 is 0 Å². The Morgan fingerprint density at radius 3 is 2.84 bits per heavy atom. The highest BCUT2D eigenvalue weighted by Gasteiger charge is 2.24. The number of rotatable bonds is 4. The molecule has 2 aromatic carbocycles. The number of anilines is 1. The van der Waals surface area contributed by atoms with E-state index in [1.54, 1.807) is 31.2 Å². The molecule has 1 heterocycles. The van der Waals surface area contributed by atoms with Crippen LogP contribution in [0.2, 0.25) is 0 Å². The highest BCUT2D eigenvalue weighted by Crippen LogP contribution is 2.36. The molecule has 0 aliphatic carbocycles. The SMILES string of the molecule is COc1cccc(CN(C)C(=O)c2ccc3c(c2)NC(=O)C(C)S3)c1. The topological polar surface area (TPSA) is 58.6 Å². The Kier molecular flexibility index (Phi) is 4.99. The van der Waals surface area contributed by atoms with Crippen molar-refractivity contribution in [2.75, 3.05) is 19.5 Å². The molecule has 2 amide bonds. The van der Waals surface area contributed by atoms with Crippen LogP contribution >= 0.6 is 11.8 Å². The van der Waals surface area contributed by atoms with Crippen LogP contribution in [-0.4, -0.2) is 36.1 Å². The van der Waals surface area contributed by atoms with Gasteiger partial charge in [-0.05, 0) is 42.8 Å². The van der Waals surface area contributed by atoms with Gasteiger partial charge in [0, 0.05) is 24.1 Å². The molecule has 0 bridgehead atoms. The maximum Gasteiger partial charge on any atom is 0.253 e. The second-order valence-corrected chi connectivity index (χ2v) is 7.36. The van der Waals surface area contributed by atoms with Crippen LogP contribution in [0.3, 0.4) is 0 Å². The Morgan fingerprint density at radius 1 is 1.28 bits per heavy atom. The average Bonchev–Trinajstić information content (AvgIpc) is 2.61. The lowest BCUT2D eigenvalue weighted by Gasteiger charge is -2.23. The van der Waals surface area contributed by atoms with Gasteiger partial charge in [0.05, 0.1) is 18.0 Å². The lowest BCUT2D eigenvalue weighted by molar-refractivity contribution is -0.115. The summed E-state index contributed by atoms with van der Waals surface area (Å²) in [5, 5.41) is 2.74. The summed E-state index contributed by atoms with van der Waals surface area (Å²) in [6, 6.07) is 13.1. The number of carbonyl (C=O) groups excluding carboxylic acids is 2. The summed E-state index contributed by atoms with van der Waals surface area (Å²) in [7, 11) is 3.38. The molecule has 130 valence electrons. The van der Waals surface area contributed by atoms with Crippen LogP contribution in [0.15, 0.2) is 47.4 Å². The van der Waals surface area contributed by atoms with Crippen LogP contribution in [-0.2, 0) is 11.3 Å². The normalized spacial score (nSPS) is 16.0. The number of ether oxygens (including phenoxy) is 1. The third-order valence-corrected chi connectivity index (χ3v) is 5.24. The largest absolute Gasteiger partial charge is 0.497 e. The molecule has 1 aliphatic heterocycles. The lowest BCUT2D eigenvalue weighted by Crippen LogP contribution is -2.28. The second kappa shape index (κ2) is 7.19. The summed E-state index contributed by atoms with van der Waals surface area (Å²) in [6.07, 6.45) is 0. The number of carbonyl (C=O) groups is 2. The van der Waals surface area contributed by atoms with Crippen LogP contribution in [0.1, 0.15) is 22.8 Å². The van der Waals surface area contributed by atoms with Gasteiger partial charge in [0.2, 0.25) is 5.91 Å². The zero-order valence-electron chi connectivity index (χ0n) is 14.4. The first-order chi connectivity index (χ1) is 12.0. The Hall–Kier alpha value is -2.47. The summed E-state index contributed by atoms with van der Waals surface area (Å²) in [5.41, 5.74) is 2.25. The molecule has 0 saturated carbocycles. The molecular weight excluding hydrogens is 336 g/mol. The Balaban J connectivity index is 1.76. The van der Waals surface area contributed by atoms with E-state index in [2.05, 4.69) is 5.32 Å². The molecule has 6 heteroatoms. The van der Waals surface area contributed by atoms with Crippen molar-refractivity contribution in [3.63, 3.8) is 0 Å². The van der Waals surface area contributed by atoms with Crippen LogP contribution in [0.4, 0.5) is 5.69 Å². The number of nitrogens with zero attached hydrogens (tertiary/aromatic N) is 1. The van der Waals surface area contributed by atoms with Crippen molar-refractivity contribution >= 4 is 29.3 Å². The van der Waals surface area contributed by atoms with Crippen molar-refractivity contribution in [2.24, 2.45) is 0 Å². The summed E-state index contributed by atoms with van der Waals surface area (Å²) in [5.74, 6) is 0.635. The van der Waals surface area contributed by atoms with Crippen molar-refractivity contribution in [3.05, 3.63) is 53.6 Å². The first-order valence-corrected chi connectivity index (χ1v) is 8.86. The number of thioether (sulfide) groups is 1. The number of amides is 2. The van der Waals surface area contributed by atoms with E-state index in [4.69, 9.17) is 4.74 Å². The quantitative estimate of drug-likeness (QED) is 0.912. The molecule has 0 spiro atoms. The molecule has 1 atom stereocenters. The fourth-order valence-corrected chi connectivity index (χ4v) is 3.61. The number of nitrogens with one attached hydrogen (secondary N) is 1. The maximum atomic E-state index is 12.7. The van der Waals surface area contributed by atoms with E-state index < -0.39 is 0 Å². The summed E-state index contributed by atoms with van der Waals surface area (Å²) in [6.45, 7) is 2.34.